The van der Waals surface area contributed by atoms with E-state index in [0.29, 0.717) is 6.61 Å². The number of nitrogens with one attached hydrogen (secondary N) is 1. The SMILES string of the molecule is CCCn1ccc(CNCc2ccccc2COC)c1. The Kier molecular flexibility index (Phi) is 5.84. The Morgan fingerprint density at radius 2 is 1.90 bits per heavy atom. The Morgan fingerprint density at radius 3 is 2.65 bits per heavy atom. The summed E-state index contributed by atoms with van der Waals surface area (Å²) in [6.45, 7) is 5.74. The van der Waals surface area contributed by atoms with Gasteiger partial charge in [-0.15, -0.1) is 0 Å². The maximum atomic E-state index is 5.23. The van der Waals surface area contributed by atoms with Gasteiger partial charge < -0.3 is 14.6 Å². The van der Waals surface area contributed by atoms with Gasteiger partial charge in [0.05, 0.1) is 6.61 Å². The highest BCUT2D eigenvalue weighted by atomic mass is 16.5. The summed E-state index contributed by atoms with van der Waals surface area (Å²) >= 11 is 0. The van der Waals surface area contributed by atoms with Gasteiger partial charge in [0.15, 0.2) is 0 Å². The molecule has 0 amide bonds. The van der Waals surface area contributed by atoms with E-state index >= 15 is 0 Å². The normalized spacial score (nSPS) is 10.9. The van der Waals surface area contributed by atoms with Gasteiger partial charge in [-0.2, -0.15) is 0 Å². The first-order chi connectivity index (χ1) is 9.83. The lowest BCUT2D eigenvalue weighted by Gasteiger charge is -2.09. The Balaban J connectivity index is 1.85. The van der Waals surface area contributed by atoms with Crippen molar-refractivity contribution in [1.29, 1.82) is 0 Å². The molecule has 1 N–H and O–H groups in total. The van der Waals surface area contributed by atoms with Crippen molar-refractivity contribution in [1.82, 2.24) is 9.88 Å². The first-order valence-corrected chi connectivity index (χ1v) is 7.24. The Bertz CT molecular complexity index is 519. The predicted molar refractivity (Wildman–Crippen MR) is 82.4 cm³/mol. The Morgan fingerprint density at radius 1 is 1.10 bits per heavy atom. The number of nitrogens with zero attached hydrogens (tertiary/aromatic N) is 1. The van der Waals surface area contributed by atoms with Gasteiger partial charge in [0.25, 0.3) is 0 Å². The summed E-state index contributed by atoms with van der Waals surface area (Å²) in [6, 6.07) is 10.6. The quantitative estimate of drug-likeness (QED) is 0.797. The number of aryl methyl sites for hydroxylation is 1. The van der Waals surface area contributed by atoms with Crippen LogP contribution in [-0.4, -0.2) is 11.7 Å². The number of aromatic nitrogens is 1. The highest BCUT2D eigenvalue weighted by molar-refractivity contribution is 5.26. The molecule has 0 saturated carbocycles. The van der Waals surface area contributed by atoms with Crippen molar-refractivity contribution in [2.75, 3.05) is 7.11 Å². The zero-order valence-electron chi connectivity index (χ0n) is 12.4. The molecule has 0 aliphatic carbocycles. The minimum Gasteiger partial charge on any atom is -0.380 e. The Hall–Kier alpha value is -1.58. The number of rotatable bonds is 8. The third kappa shape index (κ3) is 4.22. The molecule has 0 saturated heterocycles. The lowest BCUT2D eigenvalue weighted by molar-refractivity contribution is 0.184. The summed E-state index contributed by atoms with van der Waals surface area (Å²) in [4.78, 5) is 0. The lowest BCUT2D eigenvalue weighted by atomic mass is 10.1. The second-order valence-corrected chi connectivity index (χ2v) is 5.06. The van der Waals surface area contributed by atoms with Crippen LogP contribution in [0.2, 0.25) is 0 Å². The second kappa shape index (κ2) is 7.88. The third-order valence-electron chi connectivity index (χ3n) is 3.36. The number of methoxy groups -OCH3 is 1. The highest BCUT2D eigenvalue weighted by Gasteiger charge is 2.01. The number of benzene rings is 1. The van der Waals surface area contributed by atoms with Crippen molar-refractivity contribution in [3.63, 3.8) is 0 Å². The zero-order valence-corrected chi connectivity index (χ0v) is 12.4. The van der Waals surface area contributed by atoms with E-state index in [4.69, 9.17) is 4.74 Å². The predicted octanol–water partition coefficient (Wildman–Crippen LogP) is 3.33. The first-order valence-electron chi connectivity index (χ1n) is 7.24. The van der Waals surface area contributed by atoms with Crippen LogP contribution in [0.15, 0.2) is 42.7 Å². The molecule has 0 aliphatic heterocycles. The summed E-state index contributed by atoms with van der Waals surface area (Å²) in [6.07, 6.45) is 5.54. The van der Waals surface area contributed by atoms with Gasteiger partial charge >= 0.3 is 0 Å². The topological polar surface area (TPSA) is 26.2 Å². The van der Waals surface area contributed by atoms with Crippen molar-refractivity contribution in [2.45, 2.75) is 39.6 Å². The maximum Gasteiger partial charge on any atom is 0.0716 e. The molecule has 1 aromatic heterocycles. The summed E-state index contributed by atoms with van der Waals surface area (Å²) in [5.74, 6) is 0. The van der Waals surface area contributed by atoms with Crippen molar-refractivity contribution in [3.05, 3.63) is 59.4 Å². The minimum absolute atomic E-state index is 0.671. The summed E-state index contributed by atoms with van der Waals surface area (Å²) in [5, 5.41) is 3.50. The minimum atomic E-state index is 0.671. The number of ether oxygens (including phenoxy) is 1. The van der Waals surface area contributed by atoms with Crippen LogP contribution in [0.1, 0.15) is 30.0 Å². The largest absolute Gasteiger partial charge is 0.380 e. The average molecular weight is 272 g/mol. The molecule has 3 nitrogen and oxygen atoms in total. The third-order valence-corrected chi connectivity index (χ3v) is 3.36. The lowest BCUT2D eigenvalue weighted by Crippen LogP contribution is -2.14. The Labute approximate surface area is 121 Å². The fourth-order valence-corrected chi connectivity index (χ4v) is 2.36. The van der Waals surface area contributed by atoms with Crippen molar-refractivity contribution in [2.24, 2.45) is 0 Å². The molecule has 0 unspecified atom stereocenters. The molecule has 20 heavy (non-hydrogen) atoms. The summed E-state index contributed by atoms with van der Waals surface area (Å²) in [5.41, 5.74) is 3.90. The van der Waals surface area contributed by atoms with Crippen LogP contribution in [0.5, 0.6) is 0 Å². The van der Waals surface area contributed by atoms with E-state index in [9.17, 15) is 0 Å². The van der Waals surface area contributed by atoms with Crippen molar-refractivity contribution in [3.8, 4) is 0 Å². The van der Waals surface area contributed by atoms with Gasteiger partial charge in [0.1, 0.15) is 0 Å². The highest BCUT2D eigenvalue weighted by Crippen LogP contribution is 2.10. The van der Waals surface area contributed by atoms with E-state index in [-0.39, 0.29) is 0 Å². The maximum absolute atomic E-state index is 5.23. The van der Waals surface area contributed by atoms with Crippen LogP contribution in [0.4, 0.5) is 0 Å². The van der Waals surface area contributed by atoms with Gasteiger partial charge in [0.2, 0.25) is 0 Å². The number of hydrogen-bond acceptors (Lipinski definition) is 2. The van der Waals surface area contributed by atoms with Crippen molar-refractivity contribution >= 4 is 0 Å². The van der Waals surface area contributed by atoms with E-state index in [0.717, 1.165) is 19.6 Å². The van der Waals surface area contributed by atoms with Crippen LogP contribution in [0.25, 0.3) is 0 Å². The molecule has 1 heterocycles. The number of hydrogen-bond donors (Lipinski definition) is 1. The van der Waals surface area contributed by atoms with Gasteiger partial charge in [0, 0.05) is 39.1 Å². The molecule has 108 valence electrons. The summed E-state index contributed by atoms with van der Waals surface area (Å²) in [7, 11) is 1.74. The molecular formula is C17H24N2O. The summed E-state index contributed by atoms with van der Waals surface area (Å²) < 4.78 is 7.48. The second-order valence-electron chi connectivity index (χ2n) is 5.06. The van der Waals surface area contributed by atoms with Crippen LogP contribution >= 0.6 is 0 Å². The standard InChI is InChI=1S/C17H24N2O/c1-3-9-19-10-8-15(13-19)11-18-12-16-6-4-5-7-17(16)14-20-2/h4-8,10,13,18H,3,9,11-12,14H2,1-2H3. The van der Waals surface area contributed by atoms with Gasteiger partial charge in [-0.3, -0.25) is 0 Å². The van der Waals surface area contributed by atoms with Crippen molar-refractivity contribution < 1.29 is 4.74 Å². The van der Waals surface area contributed by atoms with Crippen LogP contribution < -0.4 is 5.32 Å². The van der Waals surface area contributed by atoms with E-state index < -0.39 is 0 Å². The molecule has 0 fully saturated rings. The van der Waals surface area contributed by atoms with Crippen LogP contribution in [-0.2, 0) is 31.0 Å². The van der Waals surface area contributed by atoms with E-state index in [1.165, 1.54) is 23.1 Å². The molecule has 0 bridgehead atoms. The molecule has 0 aliphatic rings. The van der Waals surface area contributed by atoms with Gasteiger partial charge in [-0.05, 0) is 29.2 Å². The smallest absolute Gasteiger partial charge is 0.0716 e. The van der Waals surface area contributed by atoms with Gasteiger partial charge in [-0.1, -0.05) is 31.2 Å². The monoisotopic (exact) mass is 272 g/mol. The molecule has 3 heteroatoms. The van der Waals surface area contributed by atoms with E-state index in [1.807, 2.05) is 0 Å². The molecule has 1 aromatic carbocycles. The van der Waals surface area contributed by atoms with Gasteiger partial charge in [-0.25, -0.2) is 0 Å². The zero-order chi connectivity index (χ0) is 14.2. The van der Waals surface area contributed by atoms with E-state index in [2.05, 4.69) is 59.5 Å². The molecule has 0 spiro atoms. The van der Waals surface area contributed by atoms with Crippen LogP contribution in [0, 0.1) is 0 Å². The molecule has 0 radical (unpaired) electrons. The molecule has 0 atom stereocenters. The first kappa shape index (κ1) is 14.8. The van der Waals surface area contributed by atoms with Crippen LogP contribution in [0.3, 0.4) is 0 Å². The fraction of sp³-hybridized carbons (Fsp3) is 0.412. The molecule has 2 rings (SSSR count). The fourth-order valence-electron chi connectivity index (χ4n) is 2.36. The average Bonchev–Trinajstić information content (AvgIpc) is 2.89. The van der Waals surface area contributed by atoms with E-state index in [1.54, 1.807) is 7.11 Å². The molecular weight excluding hydrogens is 248 g/mol. The molecule has 2 aromatic rings.